The number of rotatable bonds is 4. The molecule has 1 unspecified atom stereocenters. The van der Waals surface area contributed by atoms with Crippen LogP contribution in [0.5, 0.6) is 0 Å². The van der Waals surface area contributed by atoms with Crippen molar-refractivity contribution in [1.82, 2.24) is 14.5 Å². The number of carbonyl (C=O) groups is 2. The van der Waals surface area contributed by atoms with Crippen LogP contribution in [0.4, 0.5) is 4.79 Å². The number of hydrogen-bond donors (Lipinski definition) is 1. The molecule has 7 nitrogen and oxygen atoms in total. The molecule has 2 saturated heterocycles. The largest absolute Gasteiger partial charge is 0.329 e. The molecular weight excluding hydrogens is 330 g/mol. The number of imide groups is 1. The molecule has 130 valence electrons. The van der Waals surface area contributed by atoms with Gasteiger partial charge in [-0.2, -0.15) is 4.31 Å². The van der Waals surface area contributed by atoms with Gasteiger partial charge in [-0.05, 0) is 30.0 Å². The van der Waals surface area contributed by atoms with Crippen LogP contribution in [0, 0.1) is 0 Å². The summed E-state index contributed by atoms with van der Waals surface area (Å²) in [5, 5.41) is 2.47. The minimum absolute atomic E-state index is 0.0151. The summed E-state index contributed by atoms with van der Waals surface area (Å²) in [6.45, 7) is 4.53. The minimum Gasteiger partial charge on any atom is -0.329 e. The van der Waals surface area contributed by atoms with Crippen LogP contribution >= 0.6 is 0 Å². The Hall–Kier alpha value is -1.93. The number of sulfonamides is 1. The van der Waals surface area contributed by atoms with Gasteiger partial charge in [-0.3, -0.25) is 9.69 Å². The number of amides is 3. The molecule has 0 aliphatic carbocycles. The van der Waals surface area contributed by atoms with Crippen molar-refractivity contribution in [1.29, 1.82) is 0 Å². The number of urea groups is 1. The molecule has 2 aliphatic rings. The molecule has 2 heterocycles. The Morgan fingerprint density at radius 2 is 1.83 bits per heavy atom. The SMILES string of the molecule is CC(C)c1ccc(S(=O)(=O)N2CCC(N3C(=O)CNC3=O)C2)cc1. The standard InChI is InChI=1S/C16H21N3O4S/c1-11(2)12-3-5-14(6-4-12)24(22,23)18-8-7-13(10-18)19-15(20)9-17-16(19)21/h3-6,11,13H,7-10H2,1-2H3,(H,17,21). The highest BCUT2D eigenvalue weighted by Gasteiger charge is 2.41. The van der Waals surface area contributed by atoms with Gasteiger partial charge in [0.1, 0.15) is 0 Å². The van der Waals surface area contributed by atoms with Crippen LogP contribution in [-0.4, -0.2) is 55.2 Å². The van der Waals surface area contributed by atoms with Gasteiger partial charge in [-0.1, -0.05) is 26.0 Å². The molecule has 1 aromatic rings. The van der Waals surface area contributed by atoms with E-state index in [9.17, 15) is 18.0 Å². The molecule has 0 aromatic heterocycles. The van der Waals surface area contributed by atoms with Gasteiger partial charge in [0, 0.05) is 13.1 Å². The van der Waals surface area contributed by atoms with Gasteiger partial charge in [0.05, 0.1) is 17.5 Å². The highest BCUT2D eigenvalue weighted by molar-refractivity contribution is 7.89. The van der Waals surface area contributed by atoms with Crippen molar-refractivity contribution < 1.29 is 18.0 Å². The molecule has 0 bridgehead atoms. The topological polar surface area (TPSA) is 86.8 Å². The van der Waals surface area contributed by atoms with Crippen LogP contribution in [0.3, 0.4) is 0 Å². The van der Waals surface area contributed by atoms with E-state index in [1.54, 1.807) is 12.1 Å². The summed E-state index contributed by atoms with van der Waals surface area (Å²) in [6, 6.07) is 6.04. The molecule has 0 saturated carbocycles. The zero-order chi connectivity index (χ0) is 17.5. The fourth-order valence-electron chi connectivity index (χ4n) is 3.12. The summed E-state index contributed by atoms with van der Waals surface area (Å²) in [7, 11) is -3.61. The Morgan fingerprint density at radius 3 is 2.38 bits per heavy atom. The first-order valence-corrected chi connectivity index (χ1v) is 9.44. The molecule has 1 atom stereocenters. The van der Waals surface area contributed by atoms with Crippen LogP contribution in [0.25, 0.3) is 0 Å². The first-order chi connectivity index (χ1) is 11.3. The highest BCUT2D eigenvalue weighted by atomic mass is 32.2. The van der Waals surface area contributed by atoms with E-state index in [1.165, 1.54) is 4.31 Å². The molecule has 1 N–H and O–H groups in total. The summed E-state index contributed by atoms with van der Waals surface area (Å²) in [5.41, 5.74) is 1.08. The summed E-state index contributed by atoms with van der Waals surface area (Å²) in [5.74, 6) is 0.0307. The van der Waals surface area contributed by atoms with Crippen LogP contribution in [-0.2, 0) is 14.8 Å². The number of nitrogens with one attached hydrogen (secondary N) is 1. The minimum atomic E-state index is -3.61. The fraction of sp³-hybridized carbons (Fsp3) is 0.500. The Labute approximate surface area is 141 Å². The van der Waals surface area contributed by atoms with Crippen LogP contribution in [0.2, 0.25) is 0 Å². The molecular formula is C16H21N3O4S. The molecule has 3 rings (SSSR count). The van der Waals surface area contributed by atoms with Crippen molar-refractivity contribution in [3.05, 3.63) is 29.8 Å². The normalized spacial score (nSPS) is 22.5. The molecule has 2 fully saturated rings. The van der Waals surface area contributed by atoms with Gasteiger partial charge in [0.15, 0.2) is 0 Å². The number of nitrogens with zero attached hydrogens (tertiary/aromatic N) is 2. The number of carbonyl (C=O) groups excluding carboxylic acids is 2. The molecule has 0 radical (unpaired) electrons. The summed E-state index contributed by atoms with van der Waals surface area (Å²) >= 11 is 0. The Bertz CT molecular complexity index is 742. The lowest BCUT2D eigenvalue weighted by Gasteiger charge is -2.21. The van der Waals surface area contributed by atoms with E-state index in [1.807, 2.05) is 26.0 Å². The van der Waals surface area contributed by atoms with E-state index in [2.05, 4.69) is 5.32 Å². The third-order valence-electron chi connectivity index (χ3n) is 4.55. The molecule has 3 amide bonds. The quantitative estimate of drug-likeness (QED) is 0.824. The van der Waals surface area contributed by atoms with Crippen molar-refractivity contribution in [3.8, 4) is 0 Å². The zero-order valence-electron chi connectivity index (χ0n) is 13.7. The average Bonchev–Trinajstić information content (AvgIpc) is 3.14. The highest BCUT2D eigenvalue weighted by Crippen LogP contribution is 2.26. The summed E-state index contributed by atoms with van der Waals surface area (Å²) in [6.07, 6.45) is 0.461. The monoisotopic (exact) mass is 351 g/mol. The zero-order valence-corrected chi connectivity index (χ0v) is 14.5. The second-order valence-electron chi connectivity index (χ2n) is 6.45. The third-order valence-corrected chi connectivity index (χ3v) is 6.43. The van der Waals surface area contributed by atoms with Gasteiger partial charge in [-0.25, -0.2) is 13.2 Å². The van der Waals surface area contributed by atoms with Crippen molar-refractivity contribution in [2.75, 3.05) is 19.6 Å². The molecule has 2 aliphatic heterocycles. The Morgan fingerprint density at radius 1 is 1.17 bits per heavy atom. The van der Waals surface area contributed by atoms with Gasteiger partial charge in [0.25, 0.3) is 0 Å². The maximum atomic E-state index is 12.8. The number of hydrogen-bond acceptors (Lipinski definition) is 4. The van der Waals surface area contributed by atoms with Gasteiger partial charge in [0.2, 0.25) is 15.9 Å². The third kappa shape index (κ3) is 2.91. The van der Waals surface area contributed by atoms with E-state index in [-0.39, 0.29) is 23.9 Å². The van der Waals surface area contributed by atoms with E-state index in [0.29, 0.717) is 18.9 Å². The van der Waals surface area contributed by atoms with Gasteiger partial charge >= 0.3 is 6.03 Å². The van der Waals surface area contributed by atoms with Crippen LogP contribution < -0.4 is 5.32 Å². The lowest BCUT2D eigenvalue weighted by atomic mass is 10.0. The Balaban J connectivity index is 1.76. The van der Waals surface area contributed by atoms with Crippen molar-refractivity contribution in [3.63, 3.8) is 0 Å². The molecule has 0 spiro atoms. The lowest BCUT2D eigenvalue weighted by Crippen LogP contribution is -2.42. The van der Waals surface area contributed by atoms with Gasteiger partial charge < -0.3 is 5.32 Å². The second-order valence-corrected chi connectivity index (χ2v) is 8.39. The van der Waals surface area contributed by atoms with Crippen molar-refractivity contribution in [2.24, 2.45) is 0 Å². The number of benzene rings is 1. The van der Waals surface area contributed by atoms with Crippen LogP contribution in [0.1, 0.15) is 31.7 Å². The van der Waals surface area contributed by atoms with E-state index < -0.39 is 22.1 Å². The van der Waals surface area contributed by atoms with E-state index in [4.69, 9.17) is 0 Å². The summed E-state index contributed by atoms with van der Waals surface area (Å²) in [4.78, 5) is 24.9. The van der Waals surface area contributed by atoms with E-state index in [0.717, 1.165) is 10.5 Å². The average molecular weight is 351 g/mol. The summed E-state index contributed by atoms with van der Waals surface area (Å²) < 4.78 is 26.9. The maximum absolute atomic E-state index is 12.8. The lowest BCUT2D eigenvalue weighted by molar-refractivity contribution is -0.126. The fourth-order valence-corrected chi connectivity index (χ4v) is 4.61. The van der Waals surface area contributed by atoms with Crippen molar-refractivity contribution >= 4 is 22.0 Å². The smallest absolute Gasteiger partial charge is 0.324 e. The first kappa shape index (κ1) is 16.9. The van der Waals surface area contributed by atoms with E-state index >= 15 is 0 Å². The maximum Gasteiger partial charge on any atom is 0.324 e. The first-order valence-electron chi connectivity index (χ1n) is 8.00. The Kier molecular flexibility index (Phi) is 4.35. The molecule has 8 heteroatoms. The second kappa shape index (κ2) is 6.18. The molecule has 24 heavy (non-hydrogen) atoms. The molecule has 1 aromatic carbocycles. The predicted molar refractivity (Wildman–Crippen MR) is 87.9 cm³/mol. The van der Waals surface area contributed by atoms with Crippen LogP contribution in [0.15, 0.2) is 29.2 Å². The predicted octanol–water partition coefficient (Wildman–Crippen LogP) is 1.12. The van der Waals surface area contributed by atoms with Gasteiger partial charge in [-0.15, -0.1) is 0 Å². The van der Waals surface area contributed by atoms with Crippen molar-refractivity contribution in [2.45, 2.75) is 37.1 Å².